The lowest BCUT2D eigenvalue weighted by Gasteiger charge is -2.11. The van der Waals surface area contributed by atoms with Gasteiger partial charge >= 0.3 is 6.18 Å². The molecule has 0 saturated heterocycles. The maximum Gasteiger partial charge on any atom is 0.416 e. The second kappa shape index (κ2) is 3.90. The standard InChI is InChI=1S/C9H8BrF3O/c1-5(14)7-3-2-6(4-8(7)10)9(11,12)13/h2-5,14H,1H3/t5-/m0/s1. The summed E-state index contributed by atoms with van der Waals surface area (Å²) in [7, 11) is 0. The molecule has 1 nitrogen and oxygen atoms in total. The normalized spacial score (nSPS) is 14.1. The number of alkyl halides is 3. The Labute approximate surface area is 87.7 Å². The van der Waals surface area contributed by atoms with Crippen LogP contribution in [0.15, 0.2) is 22.7 Å². The predicted octanol–water partition coefficient (Wildman–Crippen LogP) is 3.52. The van der Waals surface area contributed by atoms with Crippen LogP contribution in [0.1, 0.15) is 24.2 Å². The molecule has 0 aliphatic rings. The monoisotopic (exact) mass is 268 g/mol. The number of aliphatic hydroxyl groups is 1. The zero-order valence-electron chi connectivity index (χ0n) is 7.27. The fraction of sp³-hybridized carbons (Fsp3) is 0.333. The second-order valence-corrected chi connectivity index (χ2v) is 3.76. The lowest BCUT2D eigenvalue weighted by molar-refractivity contribution is -0.137. The third-order valence-corrected chi connectivity index (χ3v) is 2.46. The van der Waals surface area contributed by atoms with E-state index in [2.05, 4.69) is 15.9 Å². The Bertz CT molecular complexity index is 333. The van der Waals surface area contributed by atoms with Crippen molar-refractivity contribution in [3.05, 3.63) is 33.8 Å². The van der Waals surface area contributed by atoms with Gasteiger partial charge in [-0.15, -0.1) is 0 Å². The fourth-order valence-electron chi connectivity index (χ4n) is 1.04. The van der Waals surface area contributed by atoms with Gasteiger partial charge < -0.3 is 5.11 Å². The molecule has 1 rings (SSSR count). The third-order valence-electron chi connectivity index (χ3n) is 1.78. The van der Waals surface area contributed by atoms with Gasteiger partial charge in [0.15, 0.2) is 0 Å². The summed E-state index contributed by atoms with van der Waals surface area (Å²) in [5.74, 6) is 0. The molecule has 0 fully saturated rings. The zero-order valence-corrected chi connectivity index (χ0v) is 8.85. The summed E-state index contributed by atoms with van der Waals surface area (Å²) in [5, 5.41) is 9.19. The minimum Gasteiger partial charge on any atom is -0.389 e. The molecule has 0 saturated carbocycles. The average Bonchev–Trinajstić information content (AvgIpc) is 2.01. The Morgan fingerprint density at radius 2 is 1.93 bits per heavy atom. The summed E-state index contributed by atoms with van der Waals surface area (Å²) < 4.78 is 36.9. The quantitative estimate of drug-likeness (QED) is 0.827. The van der Waals surface area contributed by atoms with Crippen LogP contribution in [0.25, 0.3) is 0 Å². The van der Waals surface area contributed by atoms with Crippen molar-refractivity contribution in [3.8, 4) is 0 Å². The first-order valence-corrected chi connectivity index (χ1v) is 4.66. The van der Waals surface area contributed by atoms with Crippen LogP contribution in [0, 0.1) is 0 Å². The number of hydrogen-bond donors (Lipinski definition) is 1. The Morgan fingerprint density at radius 3 is 2.29 bits per heavy atom. The van der Waals surface area contributed by atoms with Crippen LogP contribution in [-0.4, -0.2) is 5.11 Å². The van der Waals surface area contributed by atoms with Crippen LogP contribution in [0.2, 0.25) is 0 Å². The topological polar surface area (TPSA) is 20.2 Å². The number of hydrogen-bond acceptors (Lipinski definition) is 1. The van der Waals surface area contributed by atoms with Crippen LogP contribution >= 0.6 is 15.9 Å². The SMILES string of the molecule is C[C@H](O)c1ccc(C(F)(F)F)cc1Br. The molecule has 0 unspecified atom stereocenters. The van der Waals surface area contributed by atoms with Gasteiger partial charge in [0.05, 0.1) is 11.7 Å². The summed E-state index contributed by atoms with van der Waals surface area (Å²) in [6.07, 6.45) is -5.13. The molecule has 0 radical (unpaired) electrons. The van der Waals surface area contributed by atoms with E-state index in [1.807, 2.05) is 0 Å². The molecule has 1 aromatic carbocycles. The van der Waals surface area contributed by atoms with Crippen LogP contribution in [0.5, 0.6) is 0 Å². The van der Waals surface area contributed by atoms with E-state index >= 15 is 0 Å². The summed E-state index contributed by atoms with van der Waals surface area (Å²) in [4.78, 5) is 0. The van der Waals surface area contributed by atoms with Crippen molar-refractivity contribution in [3.63, 3.8) is 0 Å². The highest BCUT2D eigenvalue weighted by Gasteiger charge is 2.30. The molecule has 1 atom stereocenters. The Kier molecular flexibility index (Phi) is 3.21. The Morgan fingerprint density at radius 1 is 1.36 bits per heavy atom. The van der Waals surface area contributed by atoms with Crippen molar-refractivity contribution in [2.24, 2.45) is 0 Å². The highest BCUT2D eigenvalue weighted by Crippen LogP contribution is 2.33. The van der Waals surface area contributed by atoms with Crippen molar-refractivity contribution >= 4 is 15.9 Å². The molecule has 1 aromatic rings. The van der Waals surface area contributed by atoms with E-state index in [9.17, 15) is 18.3 Å². The van der Waals surface area contributed by atoms with Crippen LogP contribution < -0.4 is 0 Å². The lowest BCUT2D eigenvalue weighted by Crippen LogP contribution is -2.05. The molecule has 78 valence electrons. The van der Waals surface area contributed by atoms with E-state index < -0.39 is 17.8 Å². The van der Waals surface area contributed by atoms with E-state index in [1.165, 1.54) is 13.0 Å². The molecule has 0 aliphatic carbocycles. The van der Waals surface area contributed by atoms with E-state index in [4.69, 9.17) is 0 Å². The lowest BCUT2D eigenvalue weighted by atomic mass is 10.1. The third kappa shape index (κ3) is 2.48. The van der Waals surface area contributed by atoms with Crippen LogP contribution in [0.3, 0.4) is 0 Å². The second-order valence-electron chi connectivity index (χ2n) is 2.91. The van der Waals surface area contributed by atoms with Gasteiger partial charge in [0.25, 0.3) is 0 Å². The highest BCUT2D eigenvalue weighted by atomic mass is 79.9. The van der Waals surface area contributed by atoms with Gasteiger partial charge in [-0.05, 0) is 24.6 Å². The number of aliphatic hydroxyl groups excluding tert-OH is 1. The largest absolute Gasteiger partial charge is 0.416 e. The van der Waals surface area contributed by atoms with Crippen molar-refractivity contribution in [2.75, 3.05) is 0 Å². The Balaban J connectivity index is 3.13. The molecule has 0 aliphatic heterocycles. The van der Waals surface area contributed by atoms with Gasteiger partial charge in [0, 0.05) is 4.47 Å². The molecular weight excluding hydrogens is 261 g/mol. The van der Waals surface area contributed by atoms with E-state index in [-0.39, 0.29) is 4.47 Å². The molecule has 0 spiro atoms. The number of rotatable bonds is 1. The summed E-state index contributed by atoms with van der Waals surface area (Å²) >= 11 is 2.98. The minimum absolute atomic E-state index is 0.266. The van der Waals surface area contributed by atoms with Crippen LogP contribution in [0.4, 0.5) is 13.2 Å². The highest BCUT2D eigenvalue weighted by molar-refractivity contribution is 9.10. The van der Waals surface area contributed by atoms with Gasteiger partial charge in [0.1, 0.15) is 0 Å². The smallest absolute Gasteiger partial charge is 0.389 e. The zero-order chi connectivity index (χ0) is 10.9. The first-order chi connectivity index (χ1) is 6.32. The maximum absolute atomic E-state index is 12.2. The van der Waals surface area contributed by atoms with Crippen molar-refractivity contribution < 1.29 is 18.3 Å². The van der Waals surface area contributed by atoms with Gasteiger partial charge in [-0.1, -0.05) is 22.0 Å². The molecule has 0 heterocycles. The van der Waals surface area contributed by atoms with Crippen molar-refractivity contribution in [2.45, 2.75) is 19.2 Å². The van der Waals surface area contributed by atoms with E-state index in [0.29, 0.717) is 5.56 Å². The number of halogens is 4. The summed E-state index contributed by atoms with van der Waals surface area (Å²) in [5.41, 5.74) is -0.285. The first-order valence-electron chi connectivity index (χ1n) is 3.87. The minimum atomic E-state index is -4.35. The predicted molar refractivity (Wildman–Crippen MR) is 49.8 cm³/mol. The van der Waals surface area contributed by atoms with Gasteiger partial charge in [-0.3, -0.25) is 0 Å². The summed E-state index contributed by atoms with van der Waals surface area (Å²) in [6.45, 7) is 1.49. The van der Waals surface area contributed by atoms with E-state index in [0.717, 1.165) is 12.1 Å². The number of benzene rings is 1. The average molecular weight is 269 g/mol. The summed E-state index contributed by atoms with van der Waals surface area (Å²) in [6, 6.07) is 3.17. The maximum atomic E-state index is 12.2. The molecular formula is C9H8BrF3O. The van der Waals surface area contributed by atoms with Crippen molar-refractivity contribution in [1.29, 1.82) is 0 Å². The van der Waals surface area contributed by atoms with Crippen molar-refractivity contribution in [1.82, 2.24) is 0 Å². The van der Waals surface area contributed by atoms with Gasteiger partial charge in [0.2, 0.25) is 0 Å². The molecule has 14 heavy (non-hydrogen) atoms. The van der Waals surface area contributed by atoms with Gasteiger partial charge in [-0.2, -0.15) is 13.2 Å². The molecule has 5 heteroatoms. The van der Waals surface area contributed by atoms with E-state index in [1.54, 1.807) is 0 Å². The van der Waals surface area contributed by atoms with Crippen LogP contribution in [-0.2, 0) is 6.18 Å². The fourth-order valence-corrected chi connectivity index (χ4v) is 1.75. The molecule has 1 N–H and O–H groups in total. The molecule has 0 amide bonds. The molecule has 0 aromatic heterocycles. The molecule has 0 bridgehead atoms. The van der Waals surface area contributed by atoms with Gasteiger partial charge in [-0.25, -0.2) is 0 Å². The first kappa shape index (κ1) is 11.5. The Hall–Kier alpha value is -0.550.